The molecule has 2 aliphatic rings. The zero-order valence-corrected chi connectivity index (χ0v) is 59.4. The number of ketones is 3. The Labute approximate surface area is 520 Å². The average molecular weight is 1200 g/mol. The first-order chi connectivity index (χ1) is 40.5. The lowest BCUT2D eigenvalue weighted by atomic mass is 9.91. The van der Waals surface area contributed by atoms with Crippen molar-refractivity contribution in [1.82, 2.24) is 25.8 Å². The first-order valence-corrected chi connectivity index (χ1v) is 32.0. The van der Waals surface area contributed by atoms with Crippen LogP contribution in [0.1, 0.15) is 243 Å². The molecule has 2 heterocycles. The van der Waals surface area contributed by atoms with E-state index in [1.807, 2.05) is 248 Å². The van der Waals surface area contributed by atoms with Gasteiger partial charge in [0, 0.05) is 57.2 Å². The molecule has 0 aliphatic carbocycles. The molecule has 2 aromatic carbocycles. The van der Waals surface area contributed by atoms with E-state index in [4.69, 9.17) is 0 Å². The van der Waals surface area contributed by atoms with Gasteiger partial charge < -0.3 is 25.8 Å². The van der Waals surface area contributed by atoms with E-state index in [2.05, 4.69) is 22.5 Å². The summed E-state index contributed by atoms with van der Waals surface area (Å²) in [6, 6.07) is 12.6. The van der Waals surface area contributed by atoms with Gasteiger partial charge >= 0.3 is 0 Å². The molecule has 0 radical (unpaired) electrons. The van der Waals surface area contributed by atoms with Crippen LogP contribution in [-0.2, 0) is 56.0 Å². The van der Waals surface area contributed by atoms with E-state index in [0.717, 1.165) is 16.7 Å². The van der Waals surface area contributed by atoms with Crippen LogP contribution in [0.4, 0.5) is 5.69 Å². The normalized spacial score (nSPS) is 13.3. The first kappa shape index (κ1) is 94.9. The van der Waals surface area contributed by atoms with Gasteiger partial charge in [-0.15, -0.1) is 0 Å². The molecular formula is C70H126N6O9. The topological polar surface area (TPSA) is 199 Å². The summed E-state index contributed by atoms with van der Waals surface area (Å²) in [7, 11) is 0. The highest BCUT2D eigenvalue weighted by Gasteiger charge is 2.39. The van der Waals surface area contributed by atoms with Crippen molar-refractivity contribution in [2.45, 2.75) is 276 Å². The number of Topliss-reactive ketones (excluding diaryl/α,β-unsaturated/α-hetero) is 3. The largest absolute Gasteiger partial charge is 0.352 e. The summed E-state index contributed by atoms with van der Waals surface area (Å²) < 4.78 is 0. The predicted molar refractivity (Wildman–Crippen MR) is 363 cm³/mol. The van der Waals surface area contributed by atoms with Gasteiger partial charge in [0.25, 0.3) is 17.7 Å². The maximum absolute atomic E-state index is 12.6. The van der Waals surface area contributed by atoms with Gasteiger partial charge in [0.05, 0.1) is 0 Å². The van der Waals surface area contributed by atoms with E-state index in [-0.39, 0.29) is 47.8 Å². The summed E-state index contributed by atoms with van der Waals surface area (Å²) in [6.07, 6.45) is 11.5. The third-order valence-corrected chi connectivity index (χ3v) is 10.6. The number of carbonyl (C=O) groups is 9. The van der Waals surface area contributed by atoms with Gasteiger partial charge in [-0.05, 0) is 103 Å². The summed E-state index contributed by atoms with van der Waals surface area (Å²) in [5.41, 5.74) is 3.50. The van der Waals surface area contributed by atoms with Gasteiger partial charge in [-0.1, -0.05) is 218 Å². The highest BCUT2D eigenvalue weighted by atomic mass is 16.2. The third kappa shape index (κ3) is 37.5. The number of fused-ring (bicyclic) bond motifs is 2. The van der Waals surface area contributed by atoms with Crippen LogP contribution in [0.15, 0.2) is 85.5 Å². The Bertz CT molecular complexity index is 2180. The number of hydrogen-bond donors (Lipinski definition) is 3. The molecule has 0 fully saturated rings. The molecule has 1 unspecified atom stereocenters. The number of carbonyl (C=O) groups excluding carboxylic acids is 9. The lowest BCUT2D eigenvalue weighted by molar-refractivity contribution is -0.151. The van der Waals surface area contributed by atoms with Crippen LogP contribution in [0.3, 0.4) is 0 Å². The van der Waals surface area contributed by atoms with E-state index in [1.165, 1.54) is 35.5 Å². The molecule has 4 rings (SSSR count). The number of nitrogens with one attached hydrogen (secondary N) is 3. The molecule has 4 atom stereocenters. The highest BCUT2D eigenvalue weighted by molar-refractivity contribution is 6.41. The molecule has 0 saturated heterocycles. The lowest BCUT2D eigenvalue weighted by Crippen LogP contribution is -2.57. The van der Waals surface area contributed by atoms with Gasteiger partial charge in [0.15, 0.2) is 0 Å². The Morgan fingerprint density at radius 3 is 1.40 bits per heavy atom. The Hall–Kier alpha value is -6.51. The molecule has 2 aliphatic heterocycles. The smallest absolute Gasteiger partial charge is 0.294 e. The van der Waals surface area contributed by atoms with E-state index >= 15 is 0 Å². The number of allylic oxidation sites excluding steroid dienone is 4. The quantitative estimate of drug-likeness (QED) is 0.108. The van der Waals surface area contributed by atoms with Crippen LogP contribution < -0.4 is 20.9 Å². The van der Waals surface area contributed by atoms with Crippen molar-refractivity contribution >= 4 is 58.5 Å². The van der Waals surface area contributed by atoms with Gasteiger partial charge in [0.1, 0.15) is 18.1 Å². The van der Waals surface area contributed by atoms with Crippen molar-refractivity contribution in [3.63, 3.8) is 0 Å². The Morgan fingerprint density at radius 1 is 0.541 bits per heavy atom. The van der Waals surface area contributed by atoms with Crippen LogP contribution in [0.5, 0.6) is 0 Å². The van der Waals surface area contributed by atoms with Crippen LogP contribution in [-0.4, -0.2) is 105 Å². The summed E-state index contributed by atoms with van der Waals surface area (Å²) in [5, 5.41) is 8.51. The van der Waals surface area contributed by atoms with Crippen LogP contribution in [0, 0.1) is 5.92 Å². The van der Waals surface area contributed by atoms with E-state index in [1.54, 1.807) is 18.2 Å². The summed E-state index contributed by atoms with van der Waals surface area (Å²) in [4.78, 5) is 113. The second kappa shape index (κ2) is 60.6. The summed E-state index contributed by atoms with van der Waals surface area (Å²) in [5.74, 6) is -4.34. The second-order valence-corrected chi connectivity index (χ2v) is 17.9. The van der Waals surface area contributed by atoms with Crippen LogP contribution in [0.25, 0.3) is 0 Å². The van der Waals surface area contributed by atoms with Gasteiger partial charge in [-0.3, -0.25) is 48.1 Å². The minimum Gasteiger partial charge on any atom is -0.352 e. The van der Waals surface area contributed by atoms with Crippen molar-refractivity contribution in [2.75, 3.05) is 11.4 Å². The molecule has 85 heavy (non-hydrogen) atoms. The number of rotatable bonds is 16. The number of nitrogens with zero attached hydrogens (tertiary/aromatic N) is 3. The van der Waals surface area contributed by atoms with Gasteiger partial charge in [0.2, 0.25) is 35.1 Å². The molecule has 3 N–H and O–H groups in total. The predicted octanol–water partition coefficient (Wildman–Crippen LogP) is 14.9. The van der Waals surface area contributed by atoms with Gasteiger partial charge in [-0.2, -0.15) is 0 Å². The molecule has 0 bridgehead atoms. The van der Waals surface area contributed by atoms with Crippen LogP contribution >= 0.6 is 0 Å². The van der Waals surface area contributed by atoms with Crippen molar-refractivity contribution in [1.29, 1.82) is 0 Å². The molecule has 6 amide bonds. The Balaban J connectivity index is -0.000000153. The van der Waals surface area contributed by atoms with Crippen molar-refractivity contribution < 1.29 is 43.2 Å². The summed E-state index contributed by atoms with van der Waals surface area (Å²) >= 11 is 0. The maximum atomic E-state index is 12.6. The third-order valence-electron chi connectivity index (χ3n) is 10.6. The fraction of sp³-hybridized carbons (Fsp3) is 0.614. The SMILES string of the molecule is C=C/C=C\C=C/CC(C)N(C(=O)C(C)=O)[C@H](C(=O)NC(C)C)C(C)C.CC.CC.CC.CC.CC.CC.CC.CC.CC.CC(=O)C(=O)N1CCc2ccccc2[C@H]1C(=O)NC(C)C.CC(=O)C(=O)N1c2ccccc2CC[C@H]1C(=O)NC(C)C. The number of hydrogen-bond acceptors (Lipinski definition) is 9. The standard InChI is InChI=1S/C20H32N2O3.2C16H20N2O3.9C2H6/c1-8-9-10-11-12-13-16(6)22(20(25)17(7)23)18(14(2)3)19(24)21-15(4)5;1-10(2)17-15(20)14-13-7-5-4-6-12(13)8-9-18(14)16(21)11(3)19;1-10(2)17-15(20)14-9-8-12-6-4-5-7-13(12)18(14)16(21)11(3)19;9*1-2/h8-12,14-16,18H,1,13H2,2-7H3,(H,21,24);2*4-7,10,14H,8-9H2,1-3H3,(H,17,20);9*1-2H3/b10-9-,12-11-;;;;;;;;;;;/t16?,18-;2*14-;;;;;;;;;/m000........./s1. The molecule has 15 nitrogen and oxygen atoms in total. The summed E-state index contributed by atoms with van der Waals surface area (Å²) in [6.45, 7) is 60.5. The van der Waals surface area contributed by atoms with Crippen molar-refractivity contribution in [3.05, 3.63) is 102 Å². The Kier molecular flexibility index (Phi) is 67.6. The maximum Gasteiger partial charge on any atom is 0.294 e. The zero-order chi connectivity index (χ0) is 68.7. The molecule has 0 spiro atoms. The molecular weight excluding hydrogens is 1070 g/mol. The second-order valence-electron chi connectivity index (χ2n) is 17.9. The number of amides is 6. The zero-order valence-electron chi connectivity index (χ0n) is 59.4. The Morgan fingerprint density at radius 2 is 0.976 bits per heavy atom. The van der Waals surface area contributed by atoms with Crippen LogP contribution in [0.2, 0.25) is 0 Å². The minimum atomic E-state index is -0.728. The molecule has 490 valence electrons. The van der Waals surface area contributed by atoms with E-state index in [9.17, 15) is 43.2 Å². The van der Waals surface area contributed by atoms with E-state index < -0.39 is 53.2 Å². The highest BCUT2D eigenvalue weighted by Crippen LogP contribution is 2.32. The average Bonchev–Trinajstić information content (AvgIpc) is 3.51. The fourth-order valence-corrected chi connectivity index (χ4v) is 7.74. The minimum absolute atomic E-state index is 0.0102. The molecule has 0 aromatic heterocycles. The monoisotopic (exact) mass is 1190 g/mol. The van der Waals surface area contributed by atoms with Crippen molar-refractivity contribution in [3.8, 4) is 0 Å². The van der Waals surface area contributed by atoms with E-state index in [0.29, 0.717) is 37.9 Å². The van der Waals surface area contributed by atoms with Gasteiger partial charge in [-0.25, -0.2) is 0 Å². The number of anilines is 1. The number of benzene rings is 2. The first-order valence-electron chi connectivity index (χ1n) is 32.0. The molecule has 15 heteroatoms. The molecule has 0 saturated carbocycles. The number of para-hydroxylation sites is 1. The molecule has 2 aromatic rings. The number of aryl methyl sites for hydroxylation is 1. The fourth-order valence-electron chi connectivity index (χ4n) is 7.74. The van der Waals surface area contributed by atoms with Crippen molar-refractivity contribution in [2.24, 2.45) is 5.92 Å². The lowest BCUT2D eigenvalue weighted by Gasteiger charge is -2.37.